The Kier molecular flexibility index (Phi) is 9.05. The number of hydrogen-bond acceptors (Lipinski definition) is 9. The first-order chi connectivity index (χ1) is 25.5. The molecule has 278 valence electrons. The first kappa shape index (κ1) is 35.6. The summed E-state index contributed by atoms with van der Waals surface area (Å²) in [6.07, 6.45) is 3.33. The van der Waals surface area contributed by atoms with Gasteiger partial charge >= 0.3 is 0 Å². The predicted molar refractivity (Wildman–Crippen MR) is 205 cm³/mol. The number of carbonyl (C=O) groups is 2. The van der Waals surface area contributed by atoms with Gasteiger partial charge < -0.3 is 29.8 Å². The number of nitrogens with zero attached hydrogens (tertiary/aromatic N) is 6. The van der Waals surface area contributed by atoms with Crippen LogP contribution < -0.4 is 20.0 Å². The molecule has 0 saturated carbocycles. The summed E-state index contributed by atoms with van der Waals surface area (Å²) in [4.78, 5) is 46.6. The van der Waals surface area contributed by atoms with E-state index in [2.05, 4.69) is 32.7 Å². The first-order valence-electron chi connectivity index (χ1n) is 18.7. The van der Waals surface area contributed by atoms with Crippen LogP contribution in [-0.4, -0.2) is 90.1 Å². The Morgan fingerprint density at radius 1 is 0.981 bits per heavy atom. The van der Waals surface area contributed by atoms with E-state index in [4.69, 9.17) is 4.74 Å². The second kappa shape index (κ2) is 13.5. The van der Waals surface area contributed by atoms with Gasteiger partial charge in [0.25, 0.3) is 11.8 Å². The van der Waals surface area contributed by atoms with Gasteiger partial charge in [-0.2, -0.15) is 0 Å². The highest BCUT2D eigenvalue weighted by Crippen LogP contribution is 2.60. The zero-order valence-electron chi connectivity index (χ0n) is 30.9. The van der Waals surface area contributed by atoms with Crippen molar-refractivity contribution in [3.05, 3.63) is 102 Å². The number of benzene rings is 3. The third-order valence-corrected chi connectivity index (χ3v) is 14.8. The number of aliphatic hydroxyl groups is 1. The molecule has 3 saturated heterocycles. The number of rotatable bonds is 9. The number of carbonyl (C=O) groups excluding carboxylic acids is 2. The Bertz CT molecular complexity index is 1980. The molecule has 4 aliphatic heterocycles. The summed E-state index contributed by atoms with van der Waals surface area (Å²) < 4.78 is 8.80. The van der Waals surface area contributed by atoms with E-state index in [0.29, 0.717) is 38.2 Å². The van der Waals surface area contributed by atoms with E-state index in [1.165, 1.54) is 0 Å². The Labute approximate surface area is 311 Å². The van der Waals surface area contributed by atoms with Crippen LogP contribution in [0.15, 0.2) is 85.1 Å². The van der Waals surface area contributed by atoms with E-state index >= 15 is 0 Å². The van der Waals surface area contributed by atoms with Crippen molar-refractivity contribution in [3.63, 3.8) is 0 Å². The standard InChI is InChI=1S/C40H49N7O5Si/c1-27-36(53(3,4)51)35(17-22-45-24-33(42-43-45)31(25-48)28-11-7-5-8-12-28)52-40(27)32-23-30(15-16-34(32)44(2)38(40)50)46-26-47(29-13-9-6-10-14-29)39(37(46)49)18-20-41-21-19-39/h5-16,23-24,27,31,35-36,41,48,51H,17-22,25-26H2,1-4H3/t27-,31?,35+,36-,40+/m1/s1. The summed E-state index contributed by atoms with van der Waals surface area (Å²) in [6, 6.07) is 25.8. The fourth-order valence-corrected chi connectivity index (χ4v) is 12.3. The number of piperidine rings is 1. The molecule has 4 aromatic rings. The van der Waals surface area contributed by atoms with E-state index in [-0.39, 0.29) is 35.8 Å². The summed E-state index contributed by atoms with van der Waals surface area (Å²) in [5.74, 6) is -0.720. The minimum atomic E-state index is -2.89. The van der Waals surface area contributed by atoms with Gasteiger partial charge in [-0.3, -0.25) is 19.2 Å². The van der Waals surface area contributed by atoms with Crippen LogP contribution >= 0.6 is 0 Å². The number of likely N-dealkylation sites (N-methyl/N-ethyl adjacent to an activating group) is 1. The molecule has 53 heavy (non-hydrogen) atoms. The molecule has 0 radical (unpaired) electrons. The molecule has 8 rings (SSSR count). The Morgan fingerprint density at radius 3 is 2.36 bits per heavy atom. The monoisotopic (exact) mass is 735 g/mol. The predicted octanol–water partition coefficient (Wildman–Crippen LogP) is 4.20. The minimum Gasteiger partial charge on any atom is -0.432 e. The molecule has 2 spiro atoms. The first-order valence-corrected chi connectivity index (χ1v) is 21.8. The zero-order valence-corrected chi connectivity index (χ0v) is 31.9. The number of amides is 2. The van der Waals surface area contributed by atoms with E-state index in [1.54, 1.807) is 16.6 Å². The van der Waals surface area contributed by atoms with Gasteiger partial charge in [0.05, 0.1) is 36.7 Å². The van der Waals surface area contributed by atoms with Gasteiger partial charge in [0.15, 0.2) is 13.9 Å². The summed E-state index contributed by atoms with van der Waals surface area (Å²) >= 11 is 0. The molecule has 0 aliphatic carbocycles. The summed E-state index contributed by atoms with van der Waals surface area (Å²) in [5.41, 5.74) is 2.63. The van der Waals surface area contributed by atoms with Crippen LogP contribution in [0, 0.1) is 5.92 Å². The van der Waals surface area contributed by atoms with E-state index < -0.39 is 25.6 Å². The number of fused-ring (bicyclic) bond motifs is 2. The second-order valence-electron chi connectivity index (χ2n) is 15.7. The van der Waals surface area contributed by atoms with Crippen LogP contribution in [0.3, 0.4) is 0 Å². The topological polar surface area (TPSA) is 136 Å². The van der Waals surface area contributed by atoms with Crippen LogP contribution in [0.2, 0.25) is 18.6 Å². The lowest BCUT2D eigenvalue weighted by Gasteiger charge is -2.39. The molecular formula is C40H49N7O5Si. The lowest BCUT2D eigenvalue weighted by molar-refractivity contribution is -0.145. The maximum absolute atomic E-state index is 14.6. The Hall–Kier alpha value is -4.40. The van der Waals surface area contributed by atoms with Gasteiger partial charge in [0.2, 0.25) is 0 Å². The van der Waals surface area contributed by atoms with E-state index in [1.807, 2.05) is 97.8 Å². The number of para-hydroxylation sites is 1. The molecule has 4 aliphatic rings. The molecule has 1 unspecified atom stereocenters. The van der Waals surface area contributed by atoms with Crippen LogP contribution in [0.5, 0.6) is 0 Å². The highest BCUT2D eigenvalue weighted by atomic mass is 28.4. The Morgan fingerprint density at radius 2 is 1.68 bits per heavy atom. The van der Waals surface area contributed by atoms with Gasteiger partial charge in [0.1, 0.15) is 5.54 Å². The molecule has 12 nitrogen and oxygen atoms in total. The number of anilines is 3. The van der Waals surface area contributed by atoms with Crippen molar-refractivity contribution in [3.8, 4) is 0 Å². The number of aromatic nitrogens is 3. The van der Waals surface area contributed by atoms with Gasteiger partial charge in [0, 0.05) is 48.2 Å². The fourth-order valence-electron chi connectivity index (χ4n) is 9.67. The van der Waals surface area contributed by atoms with Crippen molar-refractivity contribution in [2.75, 3.05) is 48.1 Å². The normalized spacial score (nSPS) is 25.9. The maximum Gasteiger partial charge on any atom is 0.264 e. The summed E-state index contributed by atoms with van der Waals surface area (Å²) in [7, 11) is -1.12. The van der Waals surface area contributed by atoms with Crippen molar-refractivity contribution in [2.24, 2.45) is 5.92 Å². The smallest absolute Gasteiger partial charge is 0.264 e. The lowest BCUT2D eigenvalue weighted by Crippen LogP contribution is -2.55. The van der Waals surface area contributed by atoms with Gasteiger partial charge in [-0.05, 0) is 81.3 Å². The van der Waals surface area contributed by atoms with E-state index in [9.17, 15) is 19.5 Å². The number of hydrogen-bond donors (Lipinski definition) is 3. The zero-order chi connectivity index (χ0) is 37.1. The summed E-state index contributed by atoms with van der Waals surface area (Å²) in [5, 5.41) is 22.4. The molecule has 5 atom stereocenters. The molecular weight excluding hydrogens is 687 g/mol. The quantitative estimate of drug-likeness (QED) is 0.216. The van der Waals surface area contributed by atoms with Gasteiger partial charge in [-0.15, -0.1) is 5.10 Å². The number of aliphatic hydroxyl groups excluding tert-OH is 1. The third kappa shape index (κ3) is 5.71. The van der Waals surface area contributed by atoms with Crippen molar-refractivity contribution in [1.82, 2.24) is 20.3 Å². The SMILES string of the molecule is C[C@@H]1[C@@H]([Si](C)(C)O)[C@H](CCn2cc(C(CO)c3ccccc3)nn2)O[C@@]12C(=O)N(C)c1ccc(N3CN(c4ccccc4)C4(CCNCC4)C3=O)cc12. The average Bonchev–Trinajstić information content (AvgIpc) is 3.88. The van der Waals surface area contributed by atoms with Crippen molar-refractivity contribution in [2.45, 2.75) is 74.5 Å². The number of ether oxygens (including phenoxy) is 1. The van der Waals surface area contributed by atoms with Crippen LogP contribution in [0.4, 0.5) is 17.1 Å². The number of nitrogens with one attached hydrogen (secondary N) is 1. The van der Waals surface area contributed by atoms with Crippen molar-refractivity contribution in [1.29, 1.82) is 0 Å². The molecule has 0 bridgehead atoms. The average molecular weight is 736 g/mol. The highest BCUT2D eigenvalue weighted by Gasteiger charge is 2.66. The molecule has 3 aromatic carbocycles. The van der Waals surface area contributed by atoms with Gasteiger partial charge in [-0.1, -0.05) is 60.7 Å². The maximum atomic E-state index is 14.6. The molecule has 5 heterocycles. The highest BCUT2D eigenvalue weighted by molar-refractivity contribution is 6.71. The molecule has 3 fully saturated rings. The van der Waals surface area contributed by atoms with Crippen molar-refractivity contribution >= 4 is 37.2 Å². The molecule has 2 amide bonds. The molecule has 3 N–H and O–H groups in total. The largest absolute Gasteiger partial charge is 0.432 e. The van der Waals surface area contributed by atoms with Gasteiger partial charge in [-0.25, -0.2) is 0 Å². The van der Waals surface area contributed by atoms with Crippen LogP contribution in [0.25, 0.3) is 0 Å². The summed E-state index contributed by atoms with van der Waals surface area (Å²) in [6.45, 7) is 8.16. The fraction of sp³-hybridized carbons (Fsp3) is 0.450. The molecule has 13 heteroatoms. The second-order valence-corrected chi connectivity index (χ2v) is 19.7. The van der Waals surface area contributed by atoms with Crippen molar-refractivity contribution < 1.29 is 24.2 Å². The minimum absolute atomic E-state index is 0.0671. The Balaban J connectivity index is 1.11. The van der Waals surface area contributed by atoms with Crippen LogP contribution in [0.1, 0.15) is 48.9 Å². The van der Waals surface area contributed by atoms with Crippen LogP contribution in [-0.2, 0) is 26.5 Å². The third-order valence-electron chi connectivity index (χ3n) is 12.3. The molecule has 1 aromatic heterocycles. The number of aryl methyl sites for hydroxylation is 1. The lowest BCUT2D eigenvalue weighted by atomic mass is 9.82. The van der Waals surface area contributed by atoms with E-state index in [0.717, 1.165) is 41.3 Å².